The molecule has 0 bridgehead atoms. The Morgan fingerprint density at radius 3 is 2.55 bits per heavy atom. The van der Waals surface area contributed by atoms with Gasteiger partial charge < -0.3 is 0 Å². The summed E-state index contributed by atoms with van der Waals surface area (Å²) < 4.78 is 0. The van der Waals surface area contributed by atoms with Crippen LogP contribution in [-0.4, -0.2) is 4.98 Å². The maximum Gasteiger partial charge on any atom is 0.0552 e. The summed E-state index contributed by atoms with van der Waals surface area (Å²) in [4.78, 5) is 4.39. The number of aromatic nitrogens is 1. The van der Waals surface area contributed by atoms with Gasteiger partial charge in [-0.1, -0.05) is 37.9 Å². The van der Waals surface area contributed by atoms with Crippen LogP contribution in [0.25, 0.3) is 0 Å². The van der Waals surface area contributed by atoms with E-state index in [-0.39, 0.29) is 0 Å². The normalized spacial score (nSPS) is 10.1. The van der Waals surface area contributed by atoms with Crippen molar-refractivity contribution < 1.29 is 0 Å². The predicted molar refractivity (Wildman–Crippen MR) is 54.2 cm³/mol. The van der Waals surface area contributed by atoms with Crippen molar-refractivity contribution >= 4 is 31.9 Å². The quantitative estimate of drug-likeness (QED) is 0.758. The number of hydrogen-bond donors (Lipinski definition) is 0. The molecule has 1 aromatic rings. The van der Waals surface area contributed by atoms with Gasteiger partial charge in [0.05, 0.1) is 5.69 Å². The summed E-state index contributed by atoms with van der Waals surface area (Å²) in [7, 11) is 0. The average Bonchev–Trinajstić information content (AvgIpc) is 2.04. The van der Waals surface area contributed by atoms with Crippen molar-refractivity contribution in [1.82, 2.24) is 4.98 Å². The molecule has 0 aliphatic carbocycles. The lowest BCUT2D eigenvalue weighted by atomic mass is 10.2. The molecule has 0 radical (unpaired) electrons. The molecular weight excluding hydrogens is 270 g/mol. The monoisotopic (exact) mass is 277 g/mol. The van der Waals surface area contributed by atoms with Crippen LogP contribution in [-0.2, 0) is 10.7 Å². The Labute approximate surface area is 83.5 Å². The van der Waals surface area contributed by atoms with Crippen molar-refractivity contribution in [3.63, 3.8) is 0 Å². The standard InChI is InChI=1S/C8H9Br2N/c1-6-2-3-7(4-9)8(5-10)11-6/h2-3H,4-5H2,1H3. The molecule has 3 heteroatoms. The minimum absolute atomic E-state index is 0.829. The maximum atomic E-state index is 4.39. The SMILES string of the molecule is Cc1ccc(CBr)c(CBr)n1. The van der Waals surface area contributed by atoms with Crippen molar-refractivity contribution in [2.75, 3.05) is 0 Å². The molecule has 0 fully saturated rings. The van der Waals surface area contributed by atoms with E-state index in [9.17, 15) is 0 Å². The van der Waals surface area contributed by atoms with Gasteiger partial charge in [0, 0.05) is 16.4 Å². The highest BCUT2D eigenvalue weighted by molar-refractivity contribution is 9.09. The molecule has 0 saturated carbocycles. The molecule has 0 aromatic carbocycles. The van der Waals surface area contributed by atoms with E-state index < -0.39 is 0 Å². The van der Waals surface area contributed by atoms with E-state index >= 15 is 0 Å². The molecular formula is C8H9Br2N. The third-order valence-corrected chi connectivity index (χ3v) is 2.61. The highest BCUT2D eigenvalue weighted by Crippen LogP contribution is 2.13. The van der Waals surface area contributed by atoms with Crippen LogP contribution in [0.4, 0.5) is 0 Å². The van der Waals surface area contributed by atoms with Gasteiger partial charge in [-0.2, -0.15) is 0 Å². The first-order chi connectivity index (χ1) is 5.27. The van der Waals surface area contributed by atoms with Gasteiger partial charge >= 0.3 is 0 Å². The van der Waals surface area contributed by atoms with Gasteiger partial charge in [0.2, 0.25) is 0 Å². The predicted octanol–water partition coefficient (Wildman–Crippen LogP) is 3.18. The molecule has 0 aliphatic rings. The number of pyridine rings is 1. The zero-order valence-electron chi connectivity index (χ0n) is 6.27. The van der Waals surface area contributed by atoms with Gasteiger partial charge in [0.25, 0.3) is 0 Å². The average molecular weight is 279 g/mol. The van der Waals surface area contributed by atoms with Crippen LogP contribution in [0.15, 0.2) is 12.1 Å². The Balaban J connectivity index is 3.06. The highest BCUT2D eigenvalue weighted by Gasteiger charge is 2.00. The van der Waals surface area contributed by atoms with E-state index in [1.165, 1.54) is 5.56 Å². The zero-order chi connectivity index (χ0) is 8.27. The third kappa shape index (κ3) is 2.27. The molecule has 0 saturated heterocycles. The molecule has 1 aromatic heterocycles. The second kappa shape index (κ2) is 4.21. The lowest BCUT2D eigenvalue weighted by Crippen LogP contribution is -1.94. The highest BCUT2D eigenvalue weighted by atomic mass is 79.9. The minimum Gasteiger partial charge on any atom is -0.257 e. The lowest BCUT2D eigenvalue weighted by molar-refractivity contribution is 1.07. The van der Waals surface area contributed by atoms with Gasteiger partial charge in [0.1, 0.15) is 0 Å². The van der Waals surface area contributed by atoms with Gasteiger partial charge in [-0.15, -0.1) is 0 Å². The van der Waals surface area contributed by atoms with E-state index in [1.54, 1.807) is 0 Å². The van der Waals surface area contributed by atoms with Crippen molar-refractivity contribution in [1.29, 1.82) is 0 Å². The maximum absolute atomic E-state index is 4.39. The molecule has 0 unspecified atom stereocenters. The number of hydrogen-bond acceptors (Lipinski definition) is 1. The van der Waals surface area contributed by atoms with Crippen molar-refractivity contribution in [3.8, 4) is 0 Å². The molecule has 0 amide bonds. The molecule has 1 heterocycles. The van der Waals surface area contributed by atoms with Gasteiger partial charge in [0.15, 0.2) is 0 Å². The summed E-state index contributed by atoms with van der Waals surface area (Å²) >= 11 is 6.81. The summed E-state index contributed by atoms with van der Waals surface area (Å²) in [6, 6.07) is 4.14. The lowest BCUT2D eigenvalue weighted by Gasteiger charge is -2.02. The summed E-state index contributed by atoms with van der Waals surface area (Å²) in [6.45, 7) is 2.00. The van der Waals surface area contributed by atoms with Gasteiger partial charge in [-0.05, 0) is 18.6 Å². The first-order valence-corrected chi connectivity index (χ1v) is 5.59. The minimum atomic E-state index is 0.829. The number of rotatable bonds is 2. The van der Waals surface area contributed by atoms with E-state index in [1.807, 2.05) is 13.0 Å². The smallest absolute Gasteiger partial charge is 0.0552 e. The summed E-state index contributed by atoms with van der Waals surface area (Å²) in [5, 5.41) is 1.71. The fourth-order valence-electron chi connectivity index (χ4n) is 0.877. The first-order valence-electron chi connectivity index (χ1n) is 3.35. The Bertz CT molecular complexity index is 248. The van der Waals surface area contributed by atoms with Crippen LogP contribution in [0.2, 0.25) is 0 Å². The summed E-state index contributed by atoms with van der Waals surface area (Å²) in [5.41, 5.74) is 3.46. The number of alkyl halides is 2. The van der Waals surface area contributed by atoms with Crippen molar-refractivity contribution in [2.24, 2.45) is 0 Å². The number of halogens is 2. The van der Waals surface area contributed by atoms with E-state index in [0.29, 0.717) is 0 Å². The Hall–Kier alpha value is 0.110. The second-order valence-electron chi connectivity index (χ2n) is 2.33. The Morgan fingerprint density at radius 2 is 2.00 bits per heavy atom. The van der Waals surface area contributed by atoms with E-state index in [0.717, 1.165) is 22.0 Å². The molecule has 0 aliphatic heterocycles. The molecule has 1 rings (SSSR count). The zero-order valence-corrected chi connectivity index (χ0v) is 9.44. The van der Waals surface area contributed by atoms with Gasteiger partial charge in [-0.25, -0.2) is 0 Å². The fourth-order valence-corrected chi connectivity index (χ4v) is 1.87. The van der Waals surface area contributed by atoms with E-state index in [2.05, 4.69) is 42.9 Å². The molecule has 0 spiro atoms. The van der Waals surface area contributed by atoms with Crippen LogP contribution < -0.4 is 0 Å². The molecule has 60 valence electrons. The third-order valence-electron chi connectivity index (χ3n) is 1.48. The topological polar surface area (TPSA) is 12.9 Å². The largest absolute Gasteiger partial charge is 0.257 e. The van der Waals surface area contributed by atoms with Crippen LogP contribution in [0.1, 0.15) is 17.0 Å². The molecule has 0 N–H and O–H groups in total. The van der Waals surface area contributed by atoms with Crippen LogP contribution >= 0.6 is 31.9 Å². The fraction of sp³-hybridized carbons (Fsp3) is 0.375. The molecule has 11 heavy (non-hydrogen) atoms. The second-order valence-corrected chi connectivity index (χ2v) is 3.45. The number of nitrogens with zero attached hydrogens (tertiary/aromatic N) is 1. The number of aryl methyl sites for hydroxylation is 1. The molecule has 0 atom stereocenters. The van der Waals surface area contributed by atoms with E-state index in [4.69, 9.17) is 0 Å². The van der Waals surface area contributed by atoms with Crippen LogP contribution in [0.3, 0.4) is 0 Å². The first kappa shape index (κ1) is 9.20. The Kier molecular flexibility index (Phi) is 3.52. The van der Waals surface area contributed by atoms with Crippen LogP contribution in [0, 0.1) is 6.92 Å². The Morgan fingerprint density at radius 1 is 1.27 bits per heavy atom. The van der Waals surface area contributed by atoms with Crippen molar-refractivity contribution in [2.45, 2.75) is 17.6 Å². The summed E-state index contributed by atoms with van der Waals surface area (Å²) in [6.07, 6.45) is 0. The molecule has 1 nitrogen and oxygen atoms in total. The summed E-state index contributed by atoms with van der Waals surface area (Å²) in [5.74, 6) is 0. The van der Waals surface area contributed by atoms with Crippen molar-refractivity contribution in [3.05, 3.63) is 29.1 Å². The van der Waals surface area contributed by atoms with Crippen LogP contribution in [0.5, 0.6) is 0 Å². The van der Waals surface area contributed by atoms with Gasteiger partial charge in [-0.3, -0.25) is 4.98 Å².